The van der Waals surface area contributed by atoms with Crippen LogP contribution in [0.1, 0.15) is 44.0 Å². The summed E-state index contributed by atoms with van der Waals surface area (Å²) in [5.74, 6) is -0.148. The number of hydrogen-bond acceptors (Lipinski definition) is 2. The Morgan fingerprint density at radius 1 is 1.30 bits per heavy atom. The lowest BCUT2D eigenvalue weighted by atomic mass is 9.75. The number of halogens is 1. The molecule has 0 unspecified atom stereocenters. The Balaban J connectivity index is 2.05. The highest BCUT2D eigenvalue weighted by Gasteiger charge is 2.31. The molecule has 2 rings (SSSR count). The van der Waals surface area contributed by atoms with Gasteiger partial charge in [0.05, 0.1) is 5.56 Å². The summed E-state index contributed by atoms with van der Waals surface area (Å²) in [4.78, 5) is 14.1. The maximum absolute atomic E-state index is 13.8. The van der Waals surface area contributed by atoms with E-state index in [0.29, 0.717) is 24.7 Å². The van der Waals surface area contributed by atoms with E-state index in [2.05, 4.69) is 20.8 Å². The normalized spacial score (nSPS) is 17.3. The quantitative estimate of drug-likeness (QED) is 0.801. The fraction of sp³-hybridized carbons (Fsp3) is 0.562. The van der Waals surface area contributed by atoms with Gasteiger partial charge in [-0.1, -0.05) is 20.8 Å². The van der Waals surface area contributed by atoms with Crippen molar-refractivity contribution in [1.82, 2.24) is 4.90 Å². The van der Waals surface area contributed by atoms with Crippen molar-refractivity contribution in [3.05, 3.63) is 29.6 Å². The number of benzene rings is 1. The summed E-state index contributed by atoms with van der Waals surface area (Å²) in [6.45, 7) is 8.09. The molecule has 0 aliphatic carbocycles. The number of nitrogens with two attached hydrogens (primary N) is 1. The van der Waals surface area contributed by atoms with Crippen LogP contribution >= 0.6 is 0 Å². The molecule has 3 nitrogen and oxygen atoms in total. The molecule has 0 bridgehead atoms. The van der Waals surface area contributed by atoms with Crippen LogP contribution in [0.15, 0.2) is 18.2 Å². The van der Waals surface area contributed by atoms with E-state index in [-0.39, 0.29) is 16.9 Å². The highest BCUT2D eigenvalue weighted by molar-refractivity contribution is 5.94. The number of anilines is 1. The second-order valence-electron chi connectivity index (χ2n) is 6.67. The molecule has 0 aromatic heterocycles. The van der Waals surface area contributed by atoms with Crippen molar-refractivity contribution >= 4 is 11.6 Å². The van der Waals surface area contributed by atoms with Crippen molar-refractivity contribution in [2.24, 2.45) is 11.3 Å². The van der Waals surface area contributed by atoms with E-state index in [1.54, 1.807) is 11.0 Å². The lowest BCUT2D eigenvalue weighted by Gasteiger charge is -2.38. The highest BCUT2D eigenvalue weighted by Crippen LogP contribution is 2.34. The first-order valence-corrected chi connectivity index (χ1v) is 7.13. The molecule has 110 valence electrons. The number of nitrogen functional groups attached to an aromatic ring is 1. The lowest BCUT2D eigenvalue weighted by Crippen LogP contribution is -2.41. The molecule has 1 aromatic carbocycles. The number of carbonyl (C=O) groups excluding carboxylic acids is 1. The van der Waals surface area contributed by atoms with Crippen LogP contribution in [0.4, 0.5) is 10.1 Å². The minimum Gasteiger partial charge on any atom is -0.399 e. The Bertz CT molecular complexity index is 500. The fourth-order valence-corrected chi connectivity index (χ4v) is 2.82. The minimum atomic E-state index is -0.534. The maximum Gasteiger partial charge on any atom is 0.256 e. The van der Waals surface area contributed by atoms with Gasteiger partial charge in [-0.3, -0.25) is 4.79 Å². The van der Waals surface area contributed by atoms with Gasteiger partial charge in [0.2, 0.25) is 0 Å². The first kappa shape index (κ1) is 14.8. The van der Waals surface area contributed by atoms with Crippen molar-refractivity contribution in [2.45, 2.75) is 33.6 Å². The van der Waals surface area contributed by atoms with Crippen molar-refractivity contribution in [1.29, 1.82) is 0 Å². The summed E-state index contributed by atoms with van der Waals surface area (Å²) in [5.41, 5.74) is 6.23. The van der Waals surface area contributed by atoms with Crippen LogP contribution in [0.5, 0.6) is 0 Å². The molecule has 1 aromatic rings. The molecule has 20 heavy (non-hydrogen) atoms. The number of amides is 1. The molecule has 1 aliphatic rings. The van der Waals surface area contributed by atoms with E-state index >= 15 is 0 Å². The average molecular weight is 278 g/mol. The van der Waals surface area contributed by atoms with Crippen molar-refractivity contribution in [3.63, 3.8) is 0 Å². The summed E-state index contributed by atoms with van der Waals surface area (Å²) < 4.78 is 13.8. The number of piperidine rings is 1. The zero-order valence-electron chi connectivity index (χ0n) is 12.4. The van der Waals surface area contributed by atoms with Gasteiger partial charge in [0.1, 0.15) is 5.82 Å². The van der Waals surface area contributed by atoms with Crippen LogP contribution in [0.2, 0.25) is 0 Å². The predicted octanol–water partition coefficient (Wildman–Crippen LogP) is 3.31. The Labute approximate surface area is 120 Å². The van der Waals surface area contributed by atoms with Gasteiger partial charge >= 0.3 is 0 Å². The second-order valence-corrected chi connectivity index (χ2v) is 6.67. The van der Waals surface area contributed by atoms with Crippen LogP contribution in [0.3, 0.4) is 0 Å². The van der Waals surface area contributed by atoms with E-state index in [4.69, 9.17) is 5.73 Å². The fourth-order valence-electron chi connectivity index (χ4n) is 2.82. The molecule has 0 radical (unpaired) electrons. The van der Waals surface area contributed by atoms with Crippen LogP contribution in [-0.2, 0) is 0 Å². The van der Waals surface area contributed by atoms with Crippen LogP contribution < -0.4 is 5.73 Å². The largest absolute Gasteiger partial charge is 0.399 e. The Morgan fingerprint density at radius 2 is 1.90 bits per heavy atom. The molecule has 0 spiro atoms. The monoisotopic (exact) mass is 278 g/mol. The van der Waals surface area contributed by atoms with Crippen LogP contribution in [-0.4, -0.2) is 23.9 Å². The lowest BCUT2D eigenvalue weighted by molar-refractivity contribution is 0.0604. The average Bonchev–Trinajstić information content (AvgIpc) is 2.37. The van der Waals surface area contributed by atoms with E-state index in [0.717, 1.165) is 12.8 Å². The van der Waals surface area contributed by atoms with Gasteiger partial charge in [0.15, 0.2) is 0 Å². The summed E-state index contributed by atoms with van der Waals surface area (Å²) in [6.07, 6.45) is 1.96. The number of likely N-dealkylation sites (tertiary alicyclic amines) is 1. The molecule has 1 heterocycles. The second kappa shape index (κ2) is 5.43. The zero-order valence-corrected chi connectivity index (χ0v) is 12.4. The number of rotatable bonds is 1. The van der Waals surface area contributed by atoms with Crippen molar-refractivity contribution in [2.75, 3.05) is 18.8 Å². The first-order chi connectivity index (χ1) is 9.29. The molecule has 4 heteroatoms. The first-order valence-electron chi connectivity index (χ1n) is 7.13. The van der Waals surface area contributed by atoms with Gasteiger partial charge in [-0.25, -0.2) is 4.39 Å². The Kier molecular flexibility index (Phi) is 4.02. The summed E-state index contributed by atoms with van der Waals surface area (Å²) in [5, 5.41) is 0. The smallest absolute Gasteiger partial charge is 0.256 e. The van der Waals surface area contributed by atoms with E-state index in [1.807, 2.05) is 0 Å². The van der Waals surface area contributed by atoms with Gasteiger partial charge in [-0.15, -0.1) is 0 Å². The number of nitrogens with zero attached hydrogens (tertiary/aromatic N) is 1. The maximum atomic E-state index is 13.8. The third-order valence-electron chi connectivity index (χ3n) is 4.23. The molecule has 0 atom stereocenters. The molecule has 1 amide bonds. The highest BCUT2D eigenvalue weighted by atomic mass is 19.1. The molecular weight excluding hydrogens is 255 g/mol. The Morgan fingerprint density at radius 3 is 2.40 bits per heavy atom. The Hall–Kier alpha value is -1.58. The molecule has 2 N–H and O–H groups in total. The molecule has 1 fully saturated rings. The van der Waals surface area contributed by atoms with E-state index in [9.17, 15) is 9.18 Å². The van der Waals surface area contributed by atoms with E-state index < -0.39 is 5.82 Å². The van der Waals surface area contributed by atoms with E-state index in [1.165, 1.54) is 12.1 Å². The number of carbonyl (C=O) groups is 1. The van der Waals surface area contributed by atoms with Gasteiger partial charge < -0.3 is 10.6 Å². The SMILES string of the molecule is CC(C)(C)C1CCN(C(=O)c2ccc(N)cc2F)CC1. The third-order valence-corrected chi connectivity index (χ3v) is 4.23. The molecular formula is C16H23FN2O. The molecule has 0 saturated carbocycles. The van der Waals surface area contributed by atoms with Crippen LogP contribution in [0, 0.1) is 17.2 Å². The van der Waals surface area contributed by atoms with Crippen molar-refractivity contribution in [3.8, 4) is 0 Å². The van der Waals surface area contributed by atoms with Gasteiger partial charge in [-0.05, 0) is 42.4 Å². The molecule has 1 saturated heterocycles. The predicted molar refractivity (Wildman–Crippen MR) is 78.9 cm³/mol. The topological polar surface area (TPSA) is 46.3 Å². The molecule has 1 aliphatic heterocycles. The minimum absolute atomic E-state index is 0.119. The van der Waals surface area contributed by atoms with Crippen molar-refractivity contribution < 1.29 is 9.18 Å². The van der Waals surface area contributed by atoms with Gasteiger partial charge in [-0.2, -0.15) is 0 Å². The third kappa shape index (κ3) is 3.11. The van der Waals surface area contributed by atoms with Gasteiger partial charge in [0, 0.05) is 18.8 Å². The standard InChI is InChI=1S/C16H23FN2O/c1-16(2,3)11-6-8-19(9-7-11)15(20)13-5-4-12(18)10-14(13)17/h4-5,10-11H,6-9,18H2,1-3H3. The number of hydrogen-bond donors (Lipinski definition) is 1. The summed E-state index contributed by atoms with van der Waals surface area (Å²) in [6, 6.07) is 4.25. The summed E-state index contributed by atoms with van der Waals surface area (Å²) in [7, 11) is 0. The zero-order chi connectivity index (χ0) is 14.9. The summed E-state index contributed by atoms with van der Waals surface area (Å²) >= 11 is 0. The van der Waals surface area contributed by atoms with Crippen LogP contribution in [0.25, 0.3) is 0 Å². The van der Waals surface area contributed by atoms with Gasteiger partial charge in [0.25, 0.3) is 5.91 Å².